The minimum absolute atomic E-state index is 0.0715. The van der Waals surface area contributed by atoms with E-state index in [0.717, 1.165) is 18.4 Å². The van der Waals surface area contributed by atoms with Gasteiger partial charge in [-0.3, -0.25) is 4.79 Å². The Hall–Kier alpha value is -0.890. The fourth-order valence-corrected chi connectivity index (χ4v) is 2.45. The molecule has 1 aromatic heterocycles. The van der Waals surface area contributed by atoms with Crippen LogP contribution in [0.4, 0.5) is 18.9 Å². The summed E-state index contributed by atoms with van der Waals surface area (Å²) >= 11 is 7.44. The van der Waals surface area contributed by atoms with Crippen LogP contribution in [-0.4, -0.2) is 34.0 Å². The summed E-state index contributed by atoms with van der Waals surface area (Å²) < 4.78 is 37.1. The highest BCUT2D eigenvalue weighted by Crippen LogP contribution is 2.20. The fraction of sp³-hybridized carbons (Fsp3) is 0.636. The Morgan fingerprint density at radius 3 is 2.70 bits per heavy atom. The normalized spacial score (nSPS) is 13.3. The van der Waals surface area contributed by atoms with Crippen molar-refractivity contribution in [3.63, 3.8) is 0 Å². The first-order chi connectivity index (χ1) is 9.28. The van der Waals surface area contributed by atoms with E-state index in [-0.39, 0.29) is 16.8 Å². The van der Waals surface area contributed by atoms with E-state index in [0.29, 0.717) is 4.68 Å². The van der Waals surface area contributed by atoms with Crippen LogP contribution in [0.25, 0.3) is 0 Å². The van der Waals surface area contributed by atoms with Crippen molar-refractivity contribution < 1.29 is 13.2 Å². The zero-order valence-corrected chi connectivity index (χ0v) is 12.6. The van der Waals surface area contributed by atoms with E-state index >= 15 is 0 Å². The van der Waals surface area contributed by atoms with E-state index in [4.69, 9.17) is 11.6 Å². The lowest BCUT2D eigenvalue weighted by Crippen LogP contribution is -2.32. The van der Waals surface area contributed by atoms with Crippen molar-refractivity contribution in [2.45, 2.75) is 32.1 Å². The molecule has 0 spiro atoms. The summed E-state index contributed by atoms with van der Waals surface area (Å²) in [4.78, 5) is 11.7. The summed E-state index contributed by atoms with van der Waals surface area (Å²) in [5, 5.41) is 6.25. The number of rotatable bonds is 6. The lowest BCUT2D eigenvalue weighted by Gasteiger charge is -2.18. The summed E-state index contributed by atoms with van der Waals surface area (Å²) in [6.45, 7) is 0.508. The van der Waals surface area contributed by atoms with E-state index in [9.17, 15) is 18.0 Å². The van der Waals surface area contributed by atoms with Gasteiger partial charge in [0.25, 0.3) is 5.56 Å². The van der Waals surface area contributed by atoms with Crippen LogP contribution in [0.3, 0.4) is 0 Å². The van der Waals surface area contributed by atoms with Crippen LogP contribution in [-0.2, 0) is 6.54 Å². The standard InChI is InChI=1S/C11H15ClF3N3OS/c1-3-7(5-20-2)17-8-4-16-18(6-11(13,14)15)10(19)9(8)12/h4,7,17H,3,5-6H2,1-2H3. The molecule has 0 aromatic carbocycles. The molecule has 0 amide bonds. The molecule has 1 heterocycles. The lowest BCUT2D eigenvalue weighted by atomic mass is 10.2. The molecular formula is C11H15ClF3N3OS. The van der Waals surface area contributed by atoms with Crippen LogP contribution in [0.1, 0.15) is 13.3 Å². The van der Waals surface area contributed by atoms with Gasteiger partial charge in [-0.05, 0) is 12.7 Å². The molecule has 0 saturated heterocycles. The molecule has 0 bridgehead atoms. The van der Waals surface area contributed by atoms with E-state index in [1.54, 1.807) is 11.8 Å². The Labute approximate surface area is 123 Å². The van der Waals surface area contributed by atoms with Gasteiger partial charge in [-0.15, -0.1) is 0 Å². The maximum Gasteiger partial charge on any atom is 0.408 e. The molecule has 4 nitrogen and oxygen atoms in total. The highest BCUT2D eigenvalue weighted by molar-refractivity contribution is 7.98. The van der Waals surface area contributed by atoms with Crippen molar-refractivity contribution in [2.75, 3.05) is 17.3 Å². The highest BCUT2D eigenvalue weighted by atomic mass is 35.5. The molecule has 114 valence electrons. The average molecular weight is 330 g/mol. The van der Waals surface area contributed by atoms with Gasteiger partial charge in [-0.25, -0.2) is 4.68 Å². The summed E-state index contributed by atoms with van der Waals surface area (Å²) in [5.41, 5.74) is -0.691. The van der Waals surface area contributed by atoms with Crippen molar-refractivity contribution >= 4 is 29.1 Å². The number of thioether (sulfide) groups is 1. The number of halogens is 4. The molecule has 1 rings (SSSR count). The third-order valence-electron chi connectivity index (χ3n) is 2.53. The molecule has 1 aromatic rings. The van der Waals surface area contributed by atoms with E-state index in [1.165, 1.54) is 0 Å². The molecule has 0 saturated carbocycles. The predicted octanol–water partition coefficient (Wildman–Crippen LogP) is 3.01. The van der Waals surface area contributed by atoms with Gasteiger partial charge in [0, 0.05) is 11.8 Å². The third kappa shape index (κ3) is 4.90. The zero-order chi connectivity index (χ0) is 15.3. The molecule has 1 unspecified atom stereocenters. The van der Waals surface area contributed by atoms with Gasteiger partial charge >= 0.3 is 6.18 Å². The number of nitrogens with zero attached hydrogens (tertiary/aromatic N) is 2. The third-order valence-corrected chi connectivity index (χ3v) is 3.64. The van der Waals surface area contributed by atoms with Crippen LogP contribution < -0.4 is 10.9 Å². The molecule has 0 radical (unpaired) electrons. The van der Waals surface area contributed by atoms with Crippen molar-refractivity contribution in [3.8, 4) is 0 Å². The Morgan fingerprint density at radius 2 is 2.20 bits per heavy atom. The summed E-state index contributed by atoms with van der Waals surface area (Å²) in [6.07, 6.45) is -0.632. The molecule has 0 aliphatic rings. The average Bonchev–Trinajstić information content (AvgIpc) is 2.36. The molecule has 0 aliphatic carbocycles. The van der Waals surface area contributed by atoms with Crippen molar-refractivity contribution in [3.05, 3.63) is 21.6 Å². The Bertz CT molecular complexity index is 507. The largest absolute Gasteiger partial charge is 0.408 e. The molecule has 0 fully saturated rings. The maximum atomic E-state index is 12.3. The molecule has 0 aliphatic heterocycles. The molecular weight excluding hydrogens is 315 g/mol. The number of hydrogen-bond acceptors (Lipinski definition) is 4. The second kappa shape index (κ2) is 7.21. The quantitative estimate of drug-likeness (QED) is 0.871. The molecule has 9 heteroatoms. The SMILES string of the molecule is CCC(CSC)Nc1cnn(CC(F)(F)F)c(=O)c1Cl. The number of alkyl halides is 3. The van der Waals surface area contributed by atoms with Gasteiger partial charge in [-0.2, -0.15) is 30.0 Å². The highest BCUT2D eigenvalue weighted by Gasteiger charge is 2.29. The summed E-state index contributed by atoms with van der Waals surface area (Å²) in [7, 11) is 0. The van der Waals surface area contributed by atoms with Crippen LogP contribution in [0, 0.1) is 0 Å². The smallest absolute Gasteiger partial charge is 0.379 e. The minimum atomic E-state index is -4.51. The van der Waals surface area contributed by atoms with Crippen molar-refractivity contribution in [1.82, 2.24) is 9.78 Å². The molecule has 20 heavy (non-hydrogen) atoms. The van der Waals surface area contributed by atoms with Crippen molar-refractivity contribution in [2.24, 2.45) is 0 Å². The van der Waals surface area contributed by atoms with Crippen LogP contribution >= 0.6 is 23.4 Å². The van der Waals surface area contributed by atoms with Gasteiger partial charge in [0.05, 0.1) is 11.9 Å². The second-order valence-electron chi connectivity index (χ2n) is 4.16. The fourth-order valence-electron chi connectivity index (χ4n) is 1.53. The van der Waals surface area contributed by atoms with Gasteiger partial charge in [0.15, 0.2) is 0 Å². The second-order valence-corrected chi connectivity index (χ2v) is 5.44. The number of nitrogens with one attached hydrogen (secondary N) is 1. The molecule has 1 N–H and O–H groups in total. The molecule has 1 atom stereocenters. The van der Waals surface area contributed by atoms with E-state index in [1.807, 2.05) is 13.2 Å². The van der Waals surface area contributed by atoms with Crippen LogP contribution in [0.15, 0.2) is 11.0 Å². The maximum absolute atomic E-state index is 12.3. The first kappa shape index (κ1) is 17.2. The van der Waals surface area contributed by atoms with E-state index < -0.39 is 18.3 Å². The van der Waals surface area contributed by atoms with Gasteiger partial charge in [0.1, 0.15) is 11.6 Å². The van der Waals surface area contributed by atoms with Gasteiger partial charge in [0.2, 0.25) is 0 Å². The predicted molar refractivity (Wildman–Crippen MR) is 75.6 cm³/mol. The topological polar surface area (TPSA) is 46.9 Å². The first-order valence-electron chi connectivity index (χ1n) is 5.86. The Kier molecular flexibility index (Phi) is 6.19. The van der Waals surface area contributed by atoms with Gasteiger partial charge in [-0.1, -0.05) is 18.5 Å². The Morgan fingerprint density at radius 1 is 1.55 bits per heavy atom. The van der Waals surface area contributed by atoms with Gasteiger partial charge < -0.3 is 5.32 Å². The monoisotopic (exact) mass is 329 g/mol. The lowest BCUT2D eigenvalue weighted by molar-refractivity contribution is -0.143. The first-order valence-corrected chi connectivity index (χ1v) is 7.63. The number of aromatic nitrogens is 2. The van der Waals surface area contributed by atoms with E-state index in [2.05, 4.69) is 10.4 Å². The summed E-state index contributed by atoms with van der Waals surface area (Å²) in [6, 6.07) is 0.0715. The summed E-state index contributed by atoms with van der Waals surface area (Å²) in [5.74, 6) is 0.790. The zero-order valence-electron chi connectivity index (χ0n) is 11.0. The van der Waals surface area contributed by atoms with Crippen LogP contribution in [0.5, 0.6) is 0 Å². The minimum Gasteiger partial charge on any atom is -0.379 e. The Balaban J connectivity index is 2.97. The van der Waals surface area contributed by atoms with Crippen LogP contribution in [0.2, 0.25) is 5.02 Å². The number of hydrogen-bond donors (Lipinski definition) is 1. The van der Waals surface area contributed by atoms with Crippen molar-refractivity contribution in [1.29, 1.82) is 0 Å². The number of anilines is 1.